The van der Waals surface area contributed by atoms with E-state index in [9.17, 15) is 4.79 Å². The number of hydrogen-bond donors (Lipinski definition) is 1. The number of benzene rings is 2. The van der Waals surface area contributed by atoms with Crippen LogP contribution in [-0.2, 0) is 0 Å². The van der Waals surface area contributed by atoms with Gasteiger partial charge in [0.15, 0.2) is 0 Å². The topological polar surface area (TPSA) is 46.3 Å². The molecule has 0 spiro atoms. The van der Waals surface area contributed by atoms with Gasteiger partial charge in [-0.05, 0) is 49.4 Å². The number of rotatable bonds is 1. The maximum absolute atomic E-state index is 13.2. The van der Waals surface area contributed by atoms with Crippen LogP contribution in [0.1, 0.15) is 46.8 Å². The molecule has 1 aliphatic carbocycles. The van der Waals surface area contributed by atoms with Crippen molar-refractivity contribution >= 4 is 11.6 Å². The molecule has 2 aliphatic rings. The number of anilines is 1. The molecular weight excluding hydrogens is 284 g/mol. The molecule has 0 aromatic heterocycles. The Balaban J connectivity index is 1.80. The van der Waals surface area contributed by atoms with Gasteiger partial charge in [-0.25, -0.2) is 0 Å². The van der Waals surface area contributed by atoms with E-state index in [0.29, 0.717) is 5.92 Å². The van der Waals surface area contributed by atoms with Crippen LogP contribution in [0.3, 0.4) is 0 Å². The van der Waals surface area contributed by atoms with Gasteiger partial charge in [-0.1, -0.05) is 42.3 Å². The van der Waals surface area contributed by atoms with Gasteiger partial charge in [0.1, 0.15) is 0 Å². The second-order valence-corrected chi connectivity index (χ2v) is 6.79. The fraction of sp³-hybridized carbons (Fsp3) is 0.350. The third kappa shape index (κ3) is 2.27. The molecule has 0 saturated heterocycles. The lowest BCUT2D eigenvalue weighted by Gasteiger charge is -2.42. The summed E-state index contributed by atoms with van der Waals surface area (Å²) >= 11 is 0. The SMILES string of the molecule is Cc1ccc(C(=O)N2c3ccccc3C(N)C3CCCC32)cc1. The van der Waals surface area contributed by atoms with E-state index in [0.717, 1.165) is 36.1 Å². The molecule has 3 unspecified atom stereocenters. The van der Waals surface area contributed by atoms with Crippen molar-refractivity contribution < 1.29 is 4.79 Å². The molecule has 1 aliphatic heterocycles. The molecule has 4 rings (SSSR count). The Bertz CT molecular complexity index is 738. The van der Waals surface area contributed by atoms with Gasteiger partial charge in [0.2, 0.25) is 0 Å². The maximum atomic E-state index is 13.2. The van der Waals surface area contributed by atoms with Crippen molar-refractivity contribution in [2.45, 2.75) is 38.3 Å². The van der Waals surface area contributed by atoms with E-state index in [1.165, 1.54) is 5.56 Å². The van der Waals surface area contributed by atoms with Gasteiger partial charge in [0, 0.05) is 23.3 Å². The third-order valence-corrected chi connectivity index (χ3v) is 5.40. The molecule has 2 aromatic rings. The number of amides is 1. The molecule has 3 atom stereocenters. The summed E-state index contributed by atoms with van der Waals surface area (Å²) < 4.78 is 0. The summed E-state index contributed by atoms with van der Waals surface area (Å²) in [6.45, 7) is 2.04. The predicted octanol–water partition coefficient (Wildman–Crippen LogP) is 3.82. The van der Waals surface area contributed by atoms with Crippen LogP contribution >= 0.6 is 0 Å². The zero-order chi connectivity index (χ0) is 16.0. The molecule has 1 fully saturated rings. The van der Waals surface area contributed by atoms with E-state index in [-0.39, 0.29) is 18.0 Å². The Morgan fingerprint density at radius 1 is 1.09 bits per heavy atom. The van der Waals surface area contributed by atoms with Gasteiger partial charge in [-0.3, -0.25) is 4.79 Å². The second kappa shape index (κ2) is 5.50. The van der Waals surface area contributed by atoms with Crippen molar-refractivity contribution in [3.05, 3.63) is 65.2 Å². The number of aryl methyl sites for hydroxylation is 1. The lowest BCUT2D eigenvalue weighted by molar-refractivity contribution is 0.0964. The minimum Gasteiger partial charge on any atom is -0.324 e. The molecule has 118 valence electrons. The van der Waals surface area contributed by atoms with Crippen molar-refractivity contribution in [1.29, 1.82) is 0 Å². The van der Waals surface area contributed by atoms with E-state index in [2.05, 4.69) is 6.07 Å². The zero-order valence-electron chi connectivity index (χ0n) is 13.4. The smallest absolute Gasteiger partial charge is 0.258 e. The molecule has 2 N–H and O–H groups in total. The van der Waals surface area contributed by atoms with E-state index < -0.39 is 0 Å². The van der Waals surface area contributed by atoms with Crippen molar-refractivity contribution in [1.82, 2.24) is 0 Å². The molecule has 3 nitrogen and oxygen atoms in total. The largest absolute Gasteiger partial charge is 0.324 e. The number of nitrogens with zero attached hydrogens (tertiary/aromatic N) is 1. The van der Waals surface area contributed by atoms with E-state index >= 15 is 0 Å². The zero-order valence-corrected chi connectivity index (χ0v) is 13.4. The highest BCUT2D eigenvalue weighted by atomic mass is 16.2. The lowest BCUT2D eigenvalue weighted by atomic mass is 9.83. The van der Waals surface area contributed by atoms with Crippen LogP contribution < -0.4 is 10.6 Å². The van der Waals surface area contributed by atoms with Crippen molar-refractivity contribution in [2.75, 3.05) is 4.90 Å². The number of carbonyl (C=O) groups is 1. The Hall–Kier alpha value is -2.13. The van der Waals surface area contributed by atoms with E-state index in [4.69, 9.17) is 5.73 Å². The van der Waals surface area contributed by atoms with Crippen LogP contribution in [0.25, 0.3) is 0 Å². The highest BCUT2D eigenvalue weighted by Crippen LogP contribution is 2.46. The standard InChI is InChI=1S/C20H22N2O/c1-13-9-11-14(12-10-13)20(23)22-17-7-3-2-5-15(17)19(21)16-6-4-8-18(16)22/h2-3,5,7,9-12,16,18-19H,4,6,8,21H2,1H3. The number of para-hydroxylation sites is 1. The van der Waals surface area contributed by atoms with Gasteiger partial charge in [-0.2, -0.15) is 0 Å². The summed E-state index contributed by atoms with van der Waals surface area (Å²) in [5.41, 5.74) is 10.5. The van der Waals surface area contributed by atoms with Crippen LogP contribution in [-0.4, -0.2) is 11.9 Å². The van der Waals surface area contributed by atoms with E-state index in [1.807, 2.05) is 54.3 Å². The molecule has 2 aromatic carbocycles. The van der Waals surface area contributed by atoms with Gasteiger partial charge in [-0.15, -0.1) is 0 Å². The van der Waals surface area contributed by atoms with Crippen molar-refractivity contribution in [3.8, 4) is 0 Å². The van der Waals surface area contributed by atoms with Gasteiger partial charge >= 0.3 is 0 Å². The van der Waals surface area contributed by atoms with Crippen LogP contribution in [0.5, 0.6) is 0 Å². The van der Waals surface area contributed by atoms with Gasteiger partial charge in [0.25, 0.3) is 5.91 Å². The first-order valence-corrected chi connectivity index (χ1v) is 8.41. The minimum atomic E-state index is 0.0424. The highest BCUT2D eigenvalue weighted by molar-refractivity contribution is 6.07. The number of fused-ring (bicyclic) bond motifs is 2. The molecule has 23 heavy (non-hydrogen) atoms. The molecule has 1 amide bonds. The summed E-state index contributed by atoms with van der Waals surface area (Å²) in [6, 6.07) is 16.3. The van der Waals surface area contributed by atoms with Crippen molar-refractivity contribution in [3.63, 3.8) is 0 Å². The molecular formula is C20H22N2O. The summed E-state index contributed by atoms with van der Waals surface area (Å²) in [6.07, 6.45) is 3.30. The highest BCUT2D eigenvalue weighted by Gasteiger charge is 2.44. The normalized spacial score (nSPS) is 25.8. The number of hydrogen-bond acceptors (Lipinski definition) is 2. The molecule has 0 radical (unpaired) electrons. The molecule has 3 heteroatoms. The monoisotopic (exact) mass is 306 g/mol. The quantitative estimate of drug-likeness (QED) is 0.870. The Kier molecular flexibility index (Phi) is 3.46. The van der Waals surface area contributed by atoms with Crippen LogP contribution in [0.2, 0.25) is 0 Å². The van der Waals surface area contributed by atoms with Gasteiger partial charge in [0.05, 0.1) is 0 Å². The van der Waals surface area contributed by atoms with E-state index in [1.54, 1.807) is 0 Å². The molecule has 1 saturated carbocycles. The number of carbonyl (C=O) groups excluding carboxylic acids is 1. The Morgan fingerprint density at radius 3 is 2.61 bits per heavy atom. The fourth-order valence-electron chi connectivity index (χ4n) is 4.20. The average Bonchev–Trinajstić information content (AvgIpc) is 3.05. The summed E-state index contributed by atoms with van der Waals surface area (Å²) in [5, 5.41) is 0. The predicted molar refractivity (Wildman–Crippen MR) is 92.5 cm³/mol. The molecule has 1 heterocycles. The van der Waals surface area contributed by atoms with Gasteiger partial charge < -0.3 is 10.6 Å². The summed E-state index contributed by atoms with van der Waals surface area (Å²) in [7, 11) is 0. The number of nitrogens with two attached hydrogens (primary N) is 1. The lowest BCUT2D eigenvalue weighted by Crippen LogP contribution is -2.49. The average molecular weight is 306 g/mol. The van der Waals surface area contributed by atoms with Crippen LogP contribution in [0.4, 0.5) is 5.69 Å². The van der Waals surface area contributed by atoms with Crippen LogP contribution in [0, 0.1) is 12.8 Å². The first-order chi connectivity index (χ1) is 11.2. The third-order valence-electron chi connectivity index (χ3n) is 5.40. The first-order valence-electron chi connectivity index (χ1n) is 8.41. The first kappa shape index (κ1) is 14.5. The summed E-state index contributed by atoms with van der Waals surface area (Å²) in [5.74, 6) is 0.473. The fourth-order valence-corrected chi connectivity index (χ4v) is 4.20. The van der Waals surface area contributed by atoms with Crippen molar-refractivity contribution in [2.24, 2.45) is 11.7 Å². The maximum Gasteiger partial charge on any atom is 0.258 e. The molecule has 0 bridgehead atoms. The van der Waals surface area contributed by atoms with Crippen LogP contribution in [0.15, 0.2) is 48.5 Å². The summed E-state index contributed by atoms with van der Waals surface area (Å²) in [4.78, 5) is 15.2. The Labute approximate surface area is 137 Å². The second-order valence-electron chi connectivity index (χ2n) is 6.79. The Morgan fingerprint density at radius 2 is 1.83 bits per heavy atom. The minimum absolute atomic E-state index is 0.0424.